The molecule has 36 heavy (non-hydrogen) atoms. The van der Waals surface area contributed by atoms with Gasteiger partial charge in [0.25, 0.3) is 0 Å². The minimum Gasteiger partial charge on any atom is -0.466 e. The SMILES string of the molecule is COC(=O)NCC[C@]1(C/C=C(\C)C(=O)OC)C(=O)N(C(=O)N[C@@H](C)c2ccccc2)c2ccccc21. The lowest BCUT2D eigenvalue weighted by Crippen LogP contribution is -2.48. The molecular formula is C27H31N3O6. The number of fused-ring (bicyclic) bond motifs is 1. The van der Waals surface area contributed by atoms with E-state index in [-0.39, 0.29) is 25.4 Å². The average Bonchev–Trinajstić information content (AvgIpc) is 3.14. The number of alkyl carbamates (subject to hydrolysis) is 1. The number of hydrogen-bond donors (Lipinski definition) is 2. The van der Waals surface area contributed by atoms with Crippen LogP contribution in [0, 0.1) is 0 Å². The van der Waals surface area contributed by atoms with Crippen LogP contribution in [-0.2, 0) is 24.5 Å². The number of benzene rings is 2. The Hall–Kier alpha value is -4.14. The van der Waals surface area contributed by atoms with E-state index in [0.717, 1.165) is 10.5 Å². The smallest absolute Gasteiger partial charge is 0.406 e. The number of amides is 4. The van der Waals surface area contributed by atoms with Crippen LogP contribution >= 0.6 is 0 Å². The van der Waals surface area contributed by atoms with Crippen LogP contribution in [0.1, 0.15) is 43.9 Å². The van der Waals surface area contributed by atoms with Crippen LogP contribution in [0.15, 0.2) is 66.2 Å². The highest BCUT2D eigenvalue weighted by Crippen LogP contribution is 2.46. The molecule has 0 saturated heterocycles. The van der Waals surface area contributed by atoms with Crippen molar-refractivity contribution in [1.29, 1.82) is 0 Å². The summed E-state index contributed by atoms with van der Waals surface area (Å²) in [6, 6.07) is 15.6. The number of para-hydroxylation sites is 1. The lowest BCUT2D eigenvalue weighted by molar-refractivity contribution is -0.136. The third-order valence-electron chi connectivity index (χ3n) is 6.39. The van der Waals surface area contributed by atoms with Gasteiger partial charge in [0, 0.05) is 12.1 Å². The van der Waals surface area contributed by atoms with Crippen LogP contribution < -0.4 is 15.5 Å². The maximum atomic E-state index is 14.0. The van der Waals surface area contributed by atoms with E-state index >= 15 is 0 Å². The summed E-state index contributed by atoms with van der Waals surface area (Å²) >= 11 is 0. The molecule has 0 radical (unpaired) electrons. The molecule has 1 heterocycles. The number of nitrogens with one attached hydrogen (secondary N) is 2. The van der Waals surface area contributed by atoms with E-state index in [1.54, 1.807) is 37.3 Å². The topological polar surface area (TPSA) is 114 Å². The van der Waals surface area contributed by atoms with Crippen LogP contribution in [0.25, 0.3) is 0 Å². The molecule has 190 valence electrons. The van der Waals surface area contributed by atoms with Gasteiger partial charge < -0.3 is 20.1 Å². The maximum absolute atomic E-state index is 14.0. The van der Waals surface area contributed by atoms with Crippen molar-refractivity contribution >= 4 is 29.7 Å². The molecule has 2 aromatic carbocycles. The number of ether oxygens (including phenoxy) is 2. The molecule has 0 unspecified atom stereocenters. The fourth-order valence-corrected chi connectivity index (χ4v) is 4.35. The maximum Gasteiger partial charge on any atom is 0.406 e. The highest BCUT2D eigenvalue weighted by atomic mass is 16.5. The van der Waals surface area contributed by atoms with Crippen LogP contribution in [0.5, 0.6) is 0 Å². The Kier molecular flexibility index (Phi) is 8.47. The Balaban J connectivity index is 1.98. The molecule has 0 saturated carbocycles. The van der Waals surface area contributed by atoms with E-state index in [9.17, 15) is 19.2 Å². The molecular weight excluding hydrogens is 462 g/mol. The van der Waals surface area contributed by atoms with Crippen molar-refractivity contribution in [3.05, 3.63) is 77.4 Å². The van der Waals surface area contributed by atoms with E-state index in [2.05, 4.69) is 15.4 Å². The minimum atomic E-state index is -1.19. The molecule has 3 rings (SSSR count). The molecule has 9 nitrogen and oxygen atoms in total. The van der Waals surface area contributed by atoms with Gasteiger partial charge in [-0.05, 0) is 43.9 Å². The van der Waals surface area contributed by atoms with Gasteiger partial charge in [-0.15, -0.1) is 0 Å². The summed E-state index contributed by atoms with van der Waals surface area (Å²) in [4.78, 5) is 52.3. The molecule has 0 spiro atoms. The van der Waals surface area contributed by atoms with Gasteiger partial charge in [-0.1, -0.05) is 54.6 Å². The summed E-state index contributed by atoms with van der Waals surface area (Å²) in [6.45, 7) is 3.56. The number of hydrogen-bond acceptors (Lipinski definition) is 6. The second kappa shape index (κ2) is 11.5. The second-order valence-electron chi connectivity index (χ2n) is 8.57. The Labute approximate surface area is 210 Å². The van der Waals surface area contributed by atoms with Crippen LogP contribution in [0.2, 0.25) is 0 Å². The average molecular weight is 494 g/mol. The molecule has 0 aliphatic carbocycles. The number of allylic oxidation sites excluding steroid dienone is 1. The van der Waals surface area contributed by atoms with Gasteiger partial charge >= 0.3 is 18.1 Å². The van der Waals surface area contributed by atoms with Gasteiger partial charge in [0.2, 0.25) is 5.91 Å². The van der Waals surface area contributed by atoms with Crippen LogP contribution in [0.3, 0.4) is 0 Å². The second-order valence-corrected chi connectivity index (χ2v) is 8.57. The lowest BCUT2D eigenvalue weighted by atomic mass is 9.75. The number of carbonyl (C=O) groups excluding carboxylic acids is 4. The zero-order valence-electron chi connectivity index (χ0n) is 20.9. The molecule has 2 atom stereocenters. The van der Waals surface area contributed by atoms with Gasteiger partial charge in [0.15, 0.2) is 0 Å². The number of rotatable bonds is 8. The number of imide groups is 1. The van der Waals surface area contributed by atoms with E-state index in [4.69, 9.17) is 4.74 Å². The van der Waals surface area contributed by atoms with Gasteiger partial charge in [-0.3, -0.25) is 4.79 Å². The monoisotopic (exact) mass is 493 g/mol. The summed E-state index contributed by atoms with van der Waals surface area (Å²) in [7, 11) is 2.54. The number of methoxy groups -OCH3 is 2. The first kappa shape index (κ1) is 26.5. The zero-order chi connectivity index (χ0) is 26.3. The molecule has 2 N–H and O–H groups in total. The summed E-state index contributed by atoms with van der Waals surface area (Å²) in [5.41, 5.74) is 1.14. The Morgan fingerprint density at radius 2 is 1.69 bits per heavy atom. The Bertz CT molecular complexity index is 1160. The number of carbonyl (C=O) groups is 4. The third-order valence-corrected chi connectivity index (χ3v) is 6.39. The number of anilines is 1. The highest BCUT2D eigenvalue weighted by Gasteiger charge is 2.52. The first-order valence-electron chi connectivity index (χ1n) is 11.6. The number of urea groups is 1. The molecule has 9 heteroatoms. The molecule has 1 aliphatic rings. The van der Waals surface area contributed by atoms with Crippen molar-refractivity contribution in [3.8, 4) is 0 Å². The fourth-order valence-electron chi connectivity index (χ4n) is 4.35. The van der Waals surface area contributed by atoms with Crippen molar-refractivity contribution in [2.45, 2.75) is 38.1 Å². The molecule has 0 fully saturated rings. The molecule has 0 aromatic heterocycles. The number of nitrogens with zero attached hydrogens (tertiary/aromatic N) is 1. The number of esters is 1. The van der Waals surface area contributed by atoms with Crippen LogP contribution in [-0.4, -0.2) is 44.8 Å². The summed E-state index contributed by atoms with van der Waals surface area (Å²) in [5.74, 6) is -0.954. The van der Waals surface area contributed by atoms with Crippen LogP contribution in [0.4, 0.5) is 15.3 Å². The molecule has 2 aromatic rings. The first-order chi connectivity index (χ1) is 17.2. The summed E-state index contributed by atoms with van der Waals surface area (Å²) in [6.07, 6.45) is 1.31. The molecule has 1 aliphatic heterocycles. The van der Waals surface area contributed by atoms with Gasteiger partial charge in [-0.2, -0.15) is 0 Å². The third kappa shape index (κ3) is 5.40. The standard InChI is InChI=1S/C27H31N3O6/c1-18(23(31)35-3)14-15-27(16-17-28-26(34)36-4)21-12-8-9-13-22(21)30(24(27)32)25(33)29-19(2)20-10-6-5-7-11-20/h5-14,19H,15-17H2,1-4H3,(H,28,34)(H,29,33)/b18-14+/t19-,27-/m0/s1. The van der Waals surface area contributed by atoms with Gasteiger partial charge in [0.1, 0.15) is 0 Å². The highest BCUT2D eigenvalue weighted by molar-refractivity contribution is 6.22. The minimum absolute atomic E-state index is 0.119. The molecule has 0 bridgehead atoms. The predicted molar refractivity (Wildman–Crippen MR) is 134 cm³/mol. The van der Waals surface area contributed by atoms with E-state index in [0.29, 0.717) is 16.8 Å². The van der Waals surface area contributed by atoms with Crippen molar-refractivity contribution < 1.29 is 28.7 Å². The zero-order valence-corrected chi connectivity index (χ0v) is 20.9. The summed E-state index contributed by atoms with van der Waals surface area (Å²) in [5, 5.41) is 5.52. The Morgan fingerprint density at radius 1 is 1.03 bits per heavy atom. The van der Waals surface area contributed by atoms with E-state index in [1.165, 1.54) is 14.2 Å². The normalized spacial score (nSPS) is 17.7. The van der Waals surface area contributed by atoms with Crippen molar-refractivity contribution in [1.82, 2.24) is 10.6 Å². The predicted octanol–water partition coefficient (Wildman–Crippen LogP) is 4.00. The van der Waals surface area contributed by atoms with Gasteiger partial charge in [-0.25, -0.2) is 19.3 Å². The lowest BCUT2D eigenvalue weighted by Gasteiger charge is -2.28. The Morgan fingerprint density at radius 3 is 2.36 bits per heavy atom. The largest absolute Gasteiger partial charge is 0.466 e. The first-order valence-corrected chi connectivity index (χ1v) is 11.6. The van der Waals surface area contributed by atoms with E-state index in [1.807, 2.05) is 37.3 Å². The fraction of sp³-hybridized carbons (Fsp3) is 0.333. The van der Waals surface area contributed by atoms with Crippen molar-refractivity contribution in [2.24, 2.45) is 0 Å². The quantitative estimate of drug-likeness (QED) is 0.425. The van der Waals surface area contributed by atoms with Crippen molar-refractivity contribution in [3.63, 3.8) is 0 Å². The van der Waals surface area contributed by atoms with Gasteiger partial charge in [0.05, 0.1) is 31.4 Å². The summed E-state index contributed by atoms with van der Waals surface area (Å²) < 4.78 is 9.44. The molecule has 4 amide bonds. The van der Waals surface area contributed by atoms with E-state index < -0.39 is 29.4 Å². The van der Waals surface area contributed by atoms with Crippen molar-refractivity contribution in [2.75, 3.05) is 25.7 Å².